The molecular formula is C10H8F2N2O2. The maximum Gasteiger partial charge on any atom is 0.311 e. The number of ether oxygens (including phenoxy) is 1. The molecule has 0 amide bonds. The molecule has 4 nitrogen and oxygen atoms in total. The van der Waals surface area contributed by atoms with Crippen LogP contribution < -0.4 is 0 Å². The first-order valence-electron chi connectivity index (χ1n) is 4.32. The Morgan fingerprint density at radius 1 is 1.69 bits per heavy atom. The van der Waals surface area contributed by atoms with E-state index in [1.54, 1.807) is 6.07 Å². The van der Waals surface area contributed by atoms with Crippen LogP contribution in [0.25, 0.3) is 0 Å². The molecular weight excluding hydrogens is 218 g/mol. The number of nitrogens with zero attached hydrogens (tertiary/aromatic N) is 2. The van der Waals surface area contributed by atoms with Gasteiger partial charge >= 0.3 is 5.97 Å². The van der Waals surface area contributed by atoms with Crippen molar-refractivity contribution in [1.29, 1.82) is 5.26 Å². The van der Waals surface area contributed by atoms with Crippen molar-refractivity contribution >= 4 is 5.97 Å². The van der Waals surface area contributed by atoms with E-state index in [4.69, 9.17) is 5.26 Å². The molecule has 1 aromatic heterocycles. The minimum absolute atomic E-state index is 0.154. The molecule has 1 rings (SSSR count). The van der Waals surface area contributed by atoms with E-state index in [0.29, 0.717) is 0 Å². The fourth-order valence-corrected chi connectivity index (χ4v) is 1.11. The summed E-state index contributed by atoms with van der Waals surface area (Å²) in [5, 5.41) is 8.57. The lowest BCUT2D eigenvalue weighted by Gasteiger charge is -2.04. The third kappa shape index (κ3) is 2.73. The summed E-state index contributed by atoms with van der Waals surface area (Å²) in [7, 11) is 1.19. The van der Waals surface area contributed by atoms with Gasteiger partial charge in [-0.3, -0.25) is 9.78 Å². The molecule has 0 aliphatic carbocycles. The average molecular weight is 226 g/mol. The third-order valence-electron chi connectivity index (χ3n) is 1.90. The van der Waals surface area contributed by atoms with Gasteiger partial charge in [0, 0.05) is 11.8 Å². The fourth-order valence-electron chi connectivity index (χ4n) is 1.11. The van der Waals surface area contributed by atoms with Gasteiger partial charge in [0.15, 0.2) is 0 Å². The zero-order valence-corrected chi connectivity index (χ0v) is 8.41. The lowest BCUT2D eigenvalue weighted by atomic mass is 10.1. The SMILES string of the molecule is COC(=O)Cc1cc(C(F)F)c(C#N)cn1. The van der Waals surface area contributed by atoms with E-state index < -0.39 is 18.0 Å². The number of methoxy groups -OCH3 is 1. The number of hydrogen-bond acceptors (Lipinski definition) is 4. The van der Waals surface area contributed by atoms with Crippen LogP contribution in [0.3, 0.4) is 0 Å². The number of carbonyl (C=O) groups is 1. The summed E-state index contributed by atoms with van der Waals surface area (Å²) in [6.45, 7) is 0. The van der Waals surface area contributed by atoms with E-state index in [9.17, 15) is 13.6 Å². The number of carbonyl (C=O) groups excluding carboxylic acids is 1. The van der Waals surface area contributed by atoms with Crippen molar-refractivity contribution in [1.82, 2.24) is 4.98 Å². The van der Waals surface area contributed by atoms with Crippen LogP contribution >= 0.6 is 0 Å². The Morgan fingerprint density at radius 3 is 2.88 bits per heavy atom. The second kappa shape index (κ2) is 5.16. The molecule has 16 heavy (non-hydrogen) atoms. The molecule has 0 spiro atoms. The molecule has 0 saturated heterocycles. The van der Waals surface area contributed by atoms with Gasteiger partial charge in [-0.05, 0) is 6.07 Å². The second-order valence-electron chi connectivity index (χ2n) is 2.93. The third-order valence-corrected chi connectivity index (χ3v) is 1.90. The van der Waals surface area contributed by atoms with E-state index in [2.05, 4.69) is 9.72 Å². The molecule has 0 saturated carbocycles. The molecule has 0 bridgehead atoms. The maximum atomic E-state index is 12.5. The van der Waals surface area contributed by atoms with Gasteiger partial charge in [0.25, 0.3) is 6.43 Å². The van der Waals surface area contributed by atoms with Gasteiger partial charge in [-0.1, -0.05) is 0 Å². The highest BCUT2D eigenvalue weighted by Gasteiger charge is 2.15. The lowest BCUT2D eigenvalue weighted by molar-refractivity contribution is -0.139. The number of hydrogen-bond donors (Lipinski definition) is 0. The van der Waals surface area contributed by atoms with E-state index in [1.807, 2.05) is 0 Å². The number of pyridine rings is 1. The van der Waals surface area contributed by atoms with Gasteiger partial charge in [-0.15, -0.1) is 0 Å². The topological polar surface area (TPSA) is 63.0 Å². The Morgan fingerprint density at radius 2 is 2.38 bits per heavy atom. The Kier molecular flexibility index (Phi) is 3.89. The molecule has 1 aromatic rings. The summed E-state index contributed by atoms with van der Waals surface area (Å²) in [6, 6.07) is 2.65. The first-order chi connectivity index (χ1) is 7.58. The predicted octanol–water partition coefficient (Wildman–Crippen LogP) is 1.61. The highest BCUT2D eigenvalue weighted by molar-refractivity contribution is 5.71. The summed E-state index contributed by atoms with van der Waals surface area (Å²) in [4.78, 5) is 14.6. The van der Waals surface area contributed by atoms with E-state index in [1.165, 1.54) is 7.11 Å². The van der Waals surface area contributed by atoms with Gasteiger partial charge in [-0.2, -0.15) is 5.26 Å². The Bertz CT molecular complexity index is 441. The molecule has 0 aromatic carbocycles. The normalized spacial score (nSPS) is 9.94. The highest BCUT2D eigenvalue weighted by Crippen LogP contribution is 2.22. The number of esters is 1. The maximum absolute atomic E-state index is 12.5. The smallest absolute Gasteiger partial charge is 0.311 e. The van der Waals surface area contributed by atoms with Crippen LogP contribution in [0.2, 0.25) is 0 Å². The Hall–Kier alpha value is -2.03. The number of aromatic nitrogens is 1. The van der Waals surface area contributed by atoms with Crippen molar-refractivity contribution in [2.24, 2.45) is 0 Å². The molecule has 0 radical (unpaired) electrons. The average Bonchev–Trinajstić information content (AvgIpc) is 2.28. The molecule has 84 valence electrons. The van der Waals surface area contributed by atoms with Crippen molar-refractivity contribution < 1.29 is 18.3 Å². The van der Waals surface area contributed by atoms with Gasteiger partial charge in [-0.25, -0.2) is 8.78 Å². The molecule has 0 aliphatic heterocycles. The van der Waals surface area contributed by atoms with E-state index in [0.717, 1.165) is 12.3 Å². The predicted molar refractivity (Wildman–Crippen MR) is 49.6 cm³/mol. The van der Waals surface area contributed by atoms with E-state index >= 15 is 0 Å². The van der Waals surface area contributed by atoms with Crippen LogP contribution in [0.1, 0.15) is 23.2 Å². The second-order valence-corrected chi connectivity index (χ2v) is 2.93. The summed E-state index contributed by atoms with van der Waals surface area (Å²) in [6.07, 6.45) is -1.93. The minimum Gasteiger partial charge on any atom is -0.469 e. The number of alkyl halides is 2. The van der Waals surface area contributed by atoms with Crippen LogP contribution in [0.4, 0.5) is 8.78 Å². The fraction of sp³-hybridized carbons (Fsp3) is 0.300. The standard InChI is InChI=1S/C10H8F2N2O2/c1-16-9(15)3-7-2-8(10(11)12)6(4-13)5-14-7/h2,5,10H,3H2,1H3. The minimum atomic E-state index is -2.77. The van der Waals surface area contributed by atoms with Crippen LogP contribution in [-0.4, -0.2) is 18.1 Å². The van der Waals surface area contributed by atoms with Gasteiger partial charge < -0.3 is 4.74 Å². The van der Waals surface area contributed by atoms with Crippen LogP contribution in [-0.2, 0) is 16.0 Å². The number of rotatable bonds is 3. The monoisotopic (exact) mass is 226 g/mol. The first kappa shape index (κ1) is 12.0. The molecule has 6 heteroatoms. The highest BCUT2D eigenvalue weighted by atomic mass is 19.3. The molecule has 0 aliphatic rings. The molecule has 0 unspecified atom stereocenters. The lowest BCUT2D eigenvalue weighted by Crippen LogP contribution is -2.07. The van der Waals surface area contributed by atoms with Crippen molar-refractivity contribution in [2.45, 2.75) is 12.8 Å². The summed E-state index contributed by atoms with van der Waals surface area (Å²) >= 11 is 0. The summed E-state index contributed by atoms with van der Waals surface area (Å²) in [5.41, 5.74) is -0.457. The molecule has 0 fully saturated rings. The molecule has 0 atom stereocenters. The molecule has 1 heterocycles. The zero-order valence-electron chi connectivity index (χ0n) is 8.41. The Labute approximate surface area is 90.5 Å². The van der Waals surface area contributed by atoms with Crippen molar-refractivity contribution in [3.8, 4) is 6.07 Å². The first-order valence-corrected chi connectivity index (χ1v) is 4.32. The van der Waals surface area contributed by atoms with Gasteiger partial charge in [0.05, 0.1) is 24.8 Å². The van der Waals surface area contributed by atoms with E-state index in [-0.39, 0.29) is 17.7 Å². The van der Waals surface area contributed by atoms with Crippen molar-refractivity contribution in [3.63, 3.8) is 0 Å². The van der Waals surface area contributed by atoms with Crippen LogP contribution in [0, 0.1) is 11.3 Å². The van der Waals surface area contributed by atoms with Crippen molar-refractivity contribution in [2.75, 3.05) is 7.11 Å². The molecule has 0 N–H and O–H groups in total. The number of nitriles is 1. The summed E-state index contributed by atoms with van der Waals surface area (Å²) < 4.78 is 29.4. The van der Waals surface area contributed by atoms with Crippen LogP contribution in [0.15, 0.2) is 12.3 Å². The Balaban J connectivity index is 3.03. The van der Waals surface area contributed by atoms with Gasteiger partial charge in [0.1, 0.15) is 6.07 Å². The number of halogens is 2. The quantitative estimate of drug-likeness (QED) is 0.734. The zero-order chi connectivity index (χ0) is 12.1. The summed E-state index contributed by atoms with van der Waals surface area (Å²) in [5.74, 6) is -0.572. The van der Waals surface area contributed by atoms with Crippen LogP contribution in [0.5, 0.6) is 0 Å². The van der Waals surface area contributed by atoms with Gasteiger partial charge in [0.2, 0.25) is 0 Å². The van der Waals surface area contributed by atoms with Crippen molar-refractivity contribution in [3.05, 3.63) is 29.1 Å². The largest absolute Gasteiger partial charge is 0.469 e.